The lowest BCUT2D eigenvalue weighted by molar-refractivity contribution is -0.384. The minimum atomic E-state index is -3.90. The zero-order valence-corrected chi connectivity index (χ0v) is 16.2. The van der Waals surface area contributed by atoms with Crippen LogP contribution in [0.15, 0.2) is 53.7 Å². The molecule has 0 radical (unpaired) electrons. The van der Waals surface area contributed by atoms with Crippen molar-refractivity contribution in [3.63, 3.8) is 0 Å². The van der Waals surface area contributed by atoms with E-state index in [0.29, 0.717) is 18.2 Å². The van der Waals surface area contributed by atoms with Gasteiger partial charge in [0.1, 0.15) is 11.9 Å². The number of benzene rings is 1. The van der Waals surface area contributed by atoms with Crippen molar-refractivity contribution < 1.29 is 18.4 Å². The van der Waals surface area contributed by atoms with Crippen molar-refractivity contribution in [1.82, 2.24) is 8.96 Å². The standard InChI is InChI=1S/C19H20N4O5S/c24-14-6-4-5-13(11-14)21-18-16-9-10-22(19(16)20-12-17(18)23(25)26)29(27,28)15-7-2-1-3-8-15/h1-3,7-10,12-14,24H,4-6,11H2,(H,20,21)/t13-,14-/m1/s1. The van der Waals surface area contributed by atoms with Gasteiger partial charge >= 0.3 is 5.69 Å². The van der Waals surface area contributed by atoms with Gasteiger partial charge in [-0.3, -0.25) is 10.1 Å². The highest BCUT2D eigenvalue weighted by atomic mass is 32.2. The molecule has 2 N–H and O–H groups in total. The Bertz CT molecular complexity index is 1160. The first-order valence-corrected chi connectivity index (χ1v) is 10.7. The van der Waals surface area contributed by atoms with Gasteiger partial charge in [0.05, 0.1) is 21.3 Å². The second-order valence-corrected chi connectivity index (χ2v) is 8.92. The molecule has 2 atom stereocenters. The van der Waals surface area contributed by atoms with Gasteiger partial charge in [-0.2, -0.15) is 0 Å². The summed E-state index contributed by atoms with van der Waals surface area (Å²) in [6.07, 6.45) is 4.72. The third-order valence-electron chi connectivity index (χ3n) is 5.15. The van der Waals surface area contributed by atoms with E-state index >= 15 is 0 Å². The van der Waals surface area contributed by atoms with E-state index in [0.717, 1.165) is 23.0 Å². The molecule has 4 rings (SSSR count). The molecule has 0 amide bonds. The van der Waals surface area contributed by atoms with Crippen LogP contribution in [0.2, 0.25) is 0 Å². The van der Waals surface area contributed by atoms with Gasteiger partial charge in [-0.1, -0.05) is 18.2 Å². The molecular weight excluding hydrogens is 396 g/mol. The smallest absolute Gasteiger partial charge is 0.311 e. The number of aromatic nitrogens is 2. The lowest BCUT2D eigenvalue weighted by Crippen LogP contribution is -2.30. The third kappa shape index (κ3) is 3.56. The van der Waals surface area contributed by atoms with Crippen LogP contribution in [0.1, 0.15) is 25.7 Å². The number of anilines is 1. The van der Waals surface area contributed by atoms with Crippen LogP contribution >= 0.6 is 0 Å². The van der Waals surface area contributed by atoms with Crippen LogP contribution in [0.5, 0.6) is 0 Å². The molecular formula is C19H20N4O5S. The van der Waals surface area contributed by atoms with Crippen molar-refractivity contribution in [2.45, 2.75) is 42.7 Å². The summed E-state index contributed by atoms with van der Waals surface area (Å²) < 4.78 is 27.0. The van der Waals surface area contributed by atoms with E-state index in [1.807, 2.05) is 0 Å². The molecule has 1 aliphatic carbocycles. The highest BCUT2D eigenvalue weighted by Crippen LogP contribution is 2.35. The Morgan fingerprint density at radius 3 is 2.66 bits per heavy atom. The molecule has 9 nitrogen and oxygen atoms in total. The van der Waals surface area contributed by atoms with E-state index in [4.69, 9.17) is 0 Å². The monoisotopic (exact) mass is 416 g/mol. The minimum Gasteiger partial charge on any atom is -0.393 e. The third-order valence-corrected chi connectivity index (χ3v) is 6.83. The fourth-order valence-corrected chi connectivity index (χ4v) is 5.06. The molecule has 0 saturated heterocycles. The second kappa shape index (κ2) is 7.45. The van der Waals surface area contributed by atoms with Crippen LogP contribution in [-0.4, -0.2) is 39.5 Å². The number of nitrogens with zero attached hydrogens (tertiary/aromatic N) is 3. The first-order valence-electron chi connectivity index (χ1n) is 9.27. The molecule has 0 spiro atoms. The largest absolute Gasteiger partial charge is 0.393 e. The van der Waals surface area contributed by atoms with Crippen LogP contribution in [0, 0.1) is 10.1 Å². The van der Waals surface area contributed by atoms with E-state index < -0.39 is 21.1 Å². The maximum absolute atomic E-state index is 13.0. The number of hydrogen-bond acceptors (Lipinski definition) is 7. The zero-order chi connectivity index (χ0) is 20.6. The highest BCUT2D eigenvalue weighted by molar-refractivity contribution is 7.90. The fraction of sp³-hybridized carbons (Fsp3) is 0.316. The van der Waals surface area contributed by atoms with Crippen molar-refractivity contribution in [3.8, 4) is 0 Å². The molecule has 0 aliphatic heterocycles. The van der Waals surface area contributed by atoms with Crippen LogP contribution in [-0.2, 0) is 10.0 Å². The Labute approximate surface area is 167 Å². The predicted molar refractivity (Wildman–Crippen MR) is 107 cm³/mol. The number of nitro groups is 1. The summed E-state index contributed by atoms with van der Waals surface area (Å²) in [6.45, 7) is 0. The summed E-state index contributed by atoms with van der Waals surface area (Å²) in [6, 6.07) is 9.30. The van der Waals surface area contributed by atoms with Crippen molar-refractivity contribution in [2.75, 3.05) is 5.32 Å². The van der Waals surface area contributed by atoms with Gasteiger partial charge in [0.2, 0.25) is 0 Å². The molecule has 0 bridgehead atoms. The summed E-state index contributed by atoms with van der Waals surface area (Å²) in [7, 11) is -3.90. The predicted octanol–water partition coefficient (Wildman–Crippen LogP) is 2.90. The van der Waals surface area contributed by atoms with E-state index in [1.165, 1.54) is 24.4 Å². The summed E-state index contributed by atoms with van der Waals surface area (Å²) in [5.74, 6) is 0. The molecule has 2 aromatic heterocycles. The minimum absolute atomic E-state index is 0.0996. The van der Waals surface area contributed by atoms with Gasteiger partial charge in [-0.15, -0.1) is 0 Å². The quantitative estimate of drug-likeness (QED) is 0.483. The lowest BCUT2D eigenvalue weighted by Gasteiger charge is -2.27. The Kier molecular flexibility index (Phi) is 4.97. The van der Waals surface area contributed by atoms with Gasteiger partial charge in [-0.25, -0.2) is 17.4 Å². The number of fused-ring (bicyclic) bond motifs is 1. The summed E-state index contributed by atoms with van der Waals surface area (Å²) >= 11 is 0. The average Bonchev–Trinajstić information content (AvgIpc) is 3.14. The normalized spacial score (nSPS) is 19.9. The number of aliphatic hydroxyl groups excluding tert-OH is 1. The van der Waals surface area contributed by atoms with Crippen LogP contribution in [0.3, 0.4) is 0 Å². The number of aliphatic hydroxyl groups is 1. The number of rotatable bonds is 5. The fourth-order valence-electron chi connectivity index (χ4n) is 3.74. The topological polar surface area (TPSA) is 127 Å². The first kappa shape index (κ1) is 19.3. The summed E-state index contributed by atoms with van der Waals surface area (Å²) in [4.78, 5) is 15.2. The molecule has 10 heteroatoms. The summed E-state index contributed by atoms with van der Waals surface area (Å²) in [5, 5.41) is 25.0. The number of pyridine rings is 1. The zero-order valence-electron chi connectivity index (χ0n) is 15.4. The molecule has 1 aromatic carbocycles. The number of hydrogen-bond donors (Lipinski definition) is 2. The molecule has 2 heterocycles. The van der Waals surface area contributed by atoms with Crippen LogP contribution in [0.4, 0.5) is 11.4 Å². The van der Waals surface area contributed by atoms with Gasteiger partial charge < -0.3 is 10.4 Å². The highest BCUT2D eigenvalue weighted by Gasteiger charge is 2.28. The van der Waals surface area contributed by atoms with E-state index in [9.17, 15) is 23.6 Å². The van der Waals surface area contributed by atoms with Crippen molar-refractivity contribution in [2.24, 2.45) is 0 Å². The molecule has 0 unspecified atom stereocenters. The lowest BCUT2D eigenvalue weighted by atomic mass is 9.93. The van der Waals surface area contributed by atoms with E-state index in [-0.39, 0.29) is 28.0 Å². The van der Waals surface area contributed by atoms with Crippen molar-refractivity contribution >= 4 is 32.4 Å². The molecule has 3 aromatic rings. The van der Waals surface area contributed by atoms with E-state index in [2.05, 4.69) is 10.3 Å². The van der Waals surface area contributed by atoms with Crippen LogP contribution in [0.25, 0.3) is 11.0 Å². The first-order chi connectivity index (χ1) is 13.9. The van der Waals surface area contributed by atoms with Gasteiger partial charge in [-0.05, 0) is 43.9 Å². The maximum atomic E-state index is 13.0. The molecule has 152 valence electrons. The second-order valence-electron chi connectivity index (χ2n) is 7.10. The molecule has 29 heavy (non-hydrogen) atoms. The van der Waals surface area contributed by atoms with Gasteiger partial charge in [0, 0.05) is 12.2 Å². The molecule has 1 aliphatic rings. The average molecular weight is 416 g/mol. The molecule has 1 fully saturated rings. The maximum Gasteiger partial charge on any atom is 0.311 e. The summed E-state index contributed by atoms with van der Waals surface area (Å²) in [5.41, 5.74) is 0.104. The number of nitrogens with one attached hydrogen (secondary N) is 1. The van der Waals surface area contributed by atoms with E-state index in [1.54, 1.807) is 18.2 Å². The van der Waals surface area contributed by atoms with Gasteiger partial charge in [0.15, 0.2) is 5.65 Å². The Morgan fingerprint density at radius 1 is 1.21 bits per heavy atom. The van der Waals surface area contributed by atoms with Gasteiger partial charge in [0.25, 0.3) is 10.0 Å². The Balaban J connectivity index is 1.82. The Morgan fingerprint density at radius 2 is 1.97 bits per heavy atom. The molecule has 1 saturated carbocycles. The van der Waals surface area contributed by atoms with Crippen LogP contribution < -0.4 is 5.32 Å². The SMILES string of the molecule is O=[N+]([O-])c1cnc2c(ccn2S(=O)(=O)c2ccccc2)c1N[C@@H]1CCC[C@@H](O)C1. The Hall–Kier alpha value is -2.98. The van der Waals surface area contributed by atoms with Crippen molar-refractivity contribution in [3.05, 3.63) is 58.9 Å². The van der Waals surface area contributed by atoms with Crippen molar-refractivity contribution in [1.29, 1.82) is 0 Å².